The van der Waals surface area contributed by atoms with Crippen molar-refractivity contribution in [3.05, 3.63) is 53.1 Å². The first-order valence-corrected chi connectivity index (χ1v) is 9.28. The van der Waals surface area contributed by atoms with Gasteiger partial charge in [0.1, 0.15) is 11.5 Å². The van der Waals surface area contributed by atoms with E-state index >= 15 is 0 Å². The number of benzene rings is 2. The van der Waals surface area contributed by atoms with Gasteiger partial charge in [0, 0.05) is 11.3 Å². The first kappa shape index (κ1) is 16.8. The van der Waals surface area contributed by atoms with E-state index in [-0.39, 0.29) is 4.90 Å². The van der Waals surface area contributed by atoms with Gasteiger partial charge in [-0.15, -0.1) is 0 Å². The highest BCUT2D eigenvalue weighted by Gasteiger charge is 2.08. The van der Waals surface area contributed by atoms with Gasteiger partial charge >= 0.3 is 0 Å². The lowest BCUT2D eigenvalue weighted by Gasteiger charge is -2.10. The third-order valence-corrected chi connectivity index (χ3v) is 4.41. The molecule has 118 valence electrons. The summed E-state index contributed by atoms with van der Waals surface area (Å²) in [6.45, 7) is 4.29. The second kappa shape index (κ2) is 6.71. The van der Waals surface area contributed by atoms with Crippen LogP contribution in [0.5, 0.6) is 11.5 Å². The summed E-state index contributed by atoms with van der Waals surface area (Å²) in [6.07, 6.45) is 2.10. The maximum absolute atomic E-state index is 11.4. The fraction of sp³-hybridized carbons (Fsp3) is 0.294. The van der Waals surface area contributed by atoms with Crippen LogP contribution >= 0.6 is 11.6 Å². The van der Waals surface area contributed by atoms with Gasteiger partial charge in [-0.2, -0.15) is 0 Å². The highest BCUT2D eigenvalue weighted by atomic mass is 35.5. The Balaban J connectivity index is 2.21. The topological polar surface area (TPSA) is 43.4 Å². The SMILES string of the molecule is CC(C)Cc1cc(Cl)cc(Oc2ccc(S(C)(=O)=O)cc2)c1. The lowest BCUT2D eigenvalue weighted by atomic mass is 10.0. The molecule has 0 aromatic heterocycles. The van der Waals surface area contributed by atoms with Gasteiger partial charge in [0.2, 0.25) is 0 Å². The third kappa shape index (κ3) is 4.75. The highest BCUT2D eigenvalue weighted by molar-refractivity contribution is 7.90. The molecule has 0 fully saturated rings. The van der Waals surface area contributed by atoms with Crippen molar-refractivity contribution < 1.29 is 13.2 Å². The van der Waals surface area contributed by atoms with E-state index < -0.39 is 9.84 Å². The van der Waals surface area contributed by atoms with E-state index in [1.54, 1.807) is 18.2 Å². The summed E-state index contributed by atoms with van der Waals surface area (Å²) >= 11 is 6.13. The molecule has 0 aliphatic carbocycles. The molecule has 0 aliphatic rings. The molecule has 0 bridgehead atoms. The summed E-state index contributed by atoms with van der Waals surface area (Å²) in [4.78, 5) is 0.270. The largest absolute Gasteiger partial charge is 0.457 e. The zero-order valence-electron chi connectivity index (χ0n) is 12.8. The van der Waals surface area contributed by atoms with Crippen molar-refractivity contribution in [3.63, 3.8) is 0 Å². The number of hydrogen-bond acceptors (Lipinski definition) is 3. The molecule has 0 unspecified atom stereocenters. The molecule has 22 heavy (non-hydrogen) atoms. The summed E-state index contributed by atoms with van der Waals surface area (Å²) in [5, 5.41) is 0.626. The maximum Gasteiger partial charge on any atom is 0.175 e. The molecule has 0 heterocycles. The molecule has 0 amide bonds. The molecule has 0 aliphatic heterocycles. The van der Waals surface area contributed by atoms with E-state index in [2.05, 4.69) is 13.8 Å². The maximum atomic E-state index is 11.4. The van der Waals surface area contributed by atoms with Crippen molar-refractivity contribution >= 4 is 21.4 Å². The summed E-state index contributed by atoms with van der Waals surface area (Å²) < 4.78 is 28.6. The zero-order chi connectivity index (χ0) is 16.3. The first-order chi connectivity index (χ1) is 10.2. The molecule has 0 saturated heterocycles. The summed E-state index contributed by atoms with van der Waals surface area (Å²) in [7, 11) is -3.20. The lowest BCUT2D eigenvalue weighted by molar-refractivity contribution is 0.481. The van der Waals surface area contributed by atoms with Crippen molar-refractivity contribution in [1.29, 1.82) is 0 Å². The van der Waals surface area contributed by atoms with Crippen LogP contribution in [0, 0.1) is 5.92 Å². The van der Waals surface area contributed by atoms with Crippen molar-refractivity contribution in [2.45, 2.75) is 25.2 Å². The lowest BCUT2D eigenvalue weighted by Crippen LogP contribution is -1.97. The molecule has 2 aromatic carbocycles. The zero-order valence-corrected chi connectivity index (χ0v) is 14.4. The quantitative estimate of drug-likeness (QED) is 0.791. The molecular formula is C17H19ClO3S. The normalized spacial score (nSPS) is 11.7. The van der Waals surface area contributed by atoms with Gasteiger partial charge < -0.3 is 4.74 Å². The minimum Gasteiger partial charge on any atom is -0.457 e. The van der Waals surface area contributed by atoms with Gasteiger partial charge in [-0.25, -0.2) is 8.42 Å². The number of hydrogen-bond donors (Lipinski definition) is 0. The van der Waals surface area contributed by atoms with Crippen LogP contribution in [0.15, 0.2) is 47.4 Å². The minimum atomic E-state index is -3.20. The number of halogens is 1. The molecule has 5 heteroatoms. The molecule has 3 nitrogen and oxygen atoms in total. The Morgan fingerprint density at radius 1 is 1.05 bits per heavy atom. The molecule has 0 radical (unpaired) electrons. The van der Waals surface area contributed by atoms with Gasteiger partial charge in [0.05, 0.1) is 4.90 Å². The fourth-order valence-electron chi connectivity index (χ4n) is 2.16. The minimum absolute atomic E-state index is 0.270. The highest BCUT2D eigenvalue weighted by Crippen LogP contribution is 2.28. The predicted octanol–water partition coefficient (Wildman–Crippen LogP) is 4.73. The average Bonchev–Trinajstić information content (AvgIpc) is 2.36. The predicted molar refractivity (Wildman–Crippen MR) is 89.6 cm³/mol. The van der Waals surface area contributed by atoms with E-state index in [0.717, 1.165) is 12.0 Å². The number of sulfone groups is 1. The van der Waals surface area contributed by atoms with Crippen LogP contribution in [0.2, 0.25) is 5.02 Å². The smallest absolute Gasteiger partial charge is 0.175 e. The van der Waals surface area contributed by atoms with Crippen molar-refractivity contribution in [2.75, 3.05) is 6.26 Å². The molecule has 2 aromatic rings. The monoisotopic (exact) mass is 338 g/mol. The average molecular weight is 339 g/mol. The van der Waals surface area contributed by atoms with Crippen LogP contribution < -0.4 is 4.74 Å². The second-order valence-corrected chi connectivity index (χ2v) is 8.19. The van der Waals surface area contributed by atoms with Gasteiger partial charge in [-0.05, 0) is 60.4 Å². The number of ether oxygens (including phenoxy) is 1. The van der Waals surface area contributed by atoms with Crippen LogP contribution in [-0.4, -0.2) is 14.7 Å². The summed E-state index contributed by atoms with van der Waals surface area (Å²) in [5.74, 6) is 1.75. The summed E-state index contributed by atoms with van der Waals surface area (Å²) in [5.41, 5.74) is 1.12. The van der Waals surface area contributed by atoms with Crippen LogP contribution in [0.25, 0.3) is 0 Å². The molecule has 0 atom stereocenters. The van der Waals surface area contributed by atoms with Gasteiger partial charge in [-0.1, -0.05) is 25.4 Å². The van der Waals surface area contributed by atoms with E-state index in [9.17, 15) is 8.42 Å². The fourth-order valence-corrected chi connectivity index (χ4v) is 3.04. The number of rotatable bonds is 5. The first-order valence-electron chi connectivity index (χ1n) is 7.01. The van der Waals surface area contributed by atoms with E-state index in [0.29, 0.717) is 22.4 Å². The van der Waals surface area contributed by atoms with Gasteiger partial charge in [0.25, 0.3) is 0 Å². The second-order valence-electron chi connectivity index (χ2n) is 5.74. The molecule has 0 spiro atoms. The Morgan fingerprint density at radius 3 is 2.23 bits per heavy atom. The van der Waals surface area contributed by atoms with Gasteiger partial charge in [0.15, 0.2) is 9.84 Å². The Bertz CT molecular complexity index is 750. The standard InChI is InChI=1S/C17H19ClO3S/c1-12(2)8-13-9-14(18)11-16(10-13)21-15-4-6-17(7-5-15)22(3,19)20/h4-7,9-12H,8H2,1-3H3. The summed E-state index contributed by atoms with van der Waals surface area (Å²) in [6, 6.07) is 12.0. The van der Waals surface area contributed by atoms with Crippen molar-refractivity contribution in [3.8, 4) is 11.5 Å². The molecule has 0 saturated carbocycles. The van der Waals surface area contributed by atoms with Crippen LogP contribution in [0.3, 0.4) is 0 Å². The molecular weight excluding hydrogens is 320 g/mol. The molecule has 0 N–H and O–H groups in total. The Kier molecular flexibility index (Phi) is 5.14. The third-order valence-electron chi connectivity index (χ3n) is 3.06. The van der Waals surface area contributed by atoms with Crippen LogP contribution in [0.4, 0.5) is 0 Å². The van der Waals surface area contributed by atoms with Crippen molar-refractivity contribution in [1.82, 2.24) is 0 Å². The van der Waals surface area contributed by atoms with E-state index in [4.69, 9.17) is 16.3 Å². The Morgan fingerprint density at radius 2 is 1.68 bits per heavy atom. The van der Waals surface area contributed by atoms with Crippen LogP contribution in [0.1, 0.15) is 19.4 Å². The van der Waals surface area contributed by atoms with E-state index in [1.165, 1.54) is 18.4 Å². The molecule has 2 rings (SSSR count). The van der Waals surface area contributed by atoms with Crippen LogP contribution in [-0.2, 0) is 16.3 Å². The van der Waals surface area contributed by atoms with Crippen molar-refractivity contribution in [2.24, 2.45) is 5.92 Å². The Labute approximate surface area is 136 Å². The Hall–Kier alpha value is -1.52. The van der Waals surface area contributed by atoms with E-state index in [1.807, 2.05) is 12.1 Å². The van der Waals surface area contributed by atoms with Gasteiger partial charge in [-0.3, -0.25) is 0 Å².